The zero-order valence-corrected chi connectivity index (χ0v) is 9.00. The van der Waals surface area contributed by atoms with Crippen LogP contribution in [-0.2, 0) is 0 Å². The second kappa shape index (κ2) is 6.35. The molecular formula is C13H13NO2. The Morgan fingerprint density at radius 3 is 1.94 bits per heavy atom. The first-order valence-electron chi connectivity index (χ1n) is 4.85. The number of carbonyl (C=O) groups is 1. The van der Waals surface area contributed by atoms with E-state index in [1.807, 2.05) is 25.1 Å². The molecule has 0 amide bonds. The summed E-state index contributed by atoms with van der Waals surface area (Å²) in [5.74, 6) is -0.875. The fourth-order valence-corrected chi connectivity index (χ4v) is 1.01. The van der Waals surface area contributed by atoms with Crippen LogP contribution in [0, 0.1) is 6.92 Å². The fraction of sp³-hybridized carbons (Fsp3) is 0.0769. The number of aryl methyl sites for hydroxylation is 1. The first-order chi connectivity index (χ1) is 7.70. The zero-order chi connectivity index (χ0) is 11.8. The summed E-state index contributed by atoms with van der Waals surface area (Å²) in [5.41, 5.74) is 1.41. The van der Waals surface area contributed by atoms with Crippen molar-refractivity contribution in [1.29, 1.82) is 0 Å². The summed E-state index contributed by atoms with van der Waals surface area (Å²) in [4.78, 5) is 14.1. The predicted octanol–water partition coefficient (Wildman–Crippen LogP) is 2.77. The van der Waals surface area contributed by atoms with Crippen molar-refractivity contribution in [3.63, 3.8) is 0 Å². The highest BCUT2D eigenvalue weighted by atomic mass is 16.4. The summed E-state index contributed by atoms with van der Waals surface area (Å²) in [5, 5.41) is 8.48. The molecule has 2 aromatic rings. The molecular weight excluding hydrogens is 202 g/mol. The van der Waals surface area contributed by atoms with Gasteiger partial charge in [-0.25, -0.2) is 4.79 Å². The average molecular weight is 215 g/mol. The van der Waals surface area contributed by atoms with Crippen LogP contribution in [0.15, 0.2) is 54.9 Å². The van der Waals surface area contributed by atoms with Crippen LogP contribution in [0.5, 0.6) is 0 Å². The minimum atomic E-state index is -0.875. The molecule has 0 radical (unpaired) electrons. The summed E-state index contributed by atoms with van der Waals surface area (Å²) in [6.45, 7) is 1.92. The molecule has 0 fully saturated rings. The van der Waals surface area contributed by atoms with E-state index in [0.717, 1.165) is 5.56 Å². The number of aromatic carboxylic acids is 1. The molecule has 0 bridgehead atoms. The van der Waals surface area contributed by atoms with E-state index in [-0.39, 0.29) is 0 Å². The smallest absolute Gasteiger partial charge is 0.335 e. The normalized spacial score (nSPS) is 8.81. The lowest BCUT2D eigenvalue weighted by Crippen LogP contribution is -1.94. The number of hydrogen-bond acceptors (Lipinski definition) is 2. The van der Waals surface area contributed by atoms with E-state index < -0.39 is 5.97 Å². The second-order valence-corrected chi connectivity index (χ2v) is 3.20. The molecule has 3 heteroatoms. The monoisotopic (exact) mass is 215 g/mol. The van der Waals surface area contributed by atoms with E-state index >= 15 is 0 Å². The summed E-state index contributed by atoms with van der Waals surface area (Å²) in [6.07, 6.45) is 3.50. The van der Waals surface area contributed by atoms with Gasteiger partial charge in [-0.1, -0.05) is 23.8 Å². The number of aromatic nitrogens is 1. The lowest BCUT2D eigenvalue weighted by molar-refractivity contribution is 0.0697. The largest absolute Gasteiger partial charge is 0.478 e. The molecule has 0 unspecified atom stereocenters. The van der Waals surface area contributed by atoms with Gasteiger partial charge < -0.3 is 5.11 Å². The standard InChI is InChI=1S/C8H8O2.C5H5N/c1-6-2-4-7(5-3-6)8(9)10;1-2-4-6-5-3-1/h2-5H,1H3,(H,9,10);1-5H. The van der Waals surface area contributed by atoms with Crippen molar-refractivity contribution in [2.75, 3.05) is 0 Å². The molecule has 0 aliphatic rings. The Balaban J connectivity index is 0.000000181. The molecule has 0 aliphatic heterocycles. The quantitative estimate of drug-likeness (QED) is 0.795. The van der Waals surface area contributed by atoms with Crippen molar-refractivity contribution in [2.45, 2.75) is 6.92 Å². The molecule has 16 heavy (non-hydrogen) atoms. The van der Waals surface area contributed by atoms with Gasteiger partial charge in [0.1, 0.15) is 0 Å². The van der Waals surface area contributed by atoms with Crippen LogP contribution in [0.3, 0.4) is 0 Å². The van der Waals surface area contributed by atoms with Gasteiger partial charge in [0.05, 0.1) is 5.56 Å². The van der Waals surface area contributed by atoms with Crippen LogP contribution in [0.1, 0.15) is 15.9 Å². The molecule has 0 saturated heterocycles. The zero-order valence-electron chi connectivity index (χ0n) is 9.00. The molecule has 3 nitrogen and oxygen atoms in total. The molecule has 0 atom stereocenters. The predicted molar refractivity (Wildman–Crippen MR) is 62.4 cm³/mol. The van der Waals surface area contributed by atoms with Crippen LogP contribution in [0.2, 0.25) is 0 Å². The van der Waals surface area contributed by atoms with Gasteiger partial charge in [0.25, 0.3) is 0 Å². The van der Waals surface area contributed by atoms with Gasteiger partial charge in [0, 0.05) is 12.4 Å². The SMILES string of the molecule is Cc1ccc(C(=O)O)cc1.c1ccncc1. The van der Waals surface area contributed by atoms with E-state index in [0.29, 0.717) is 5.56 Å². The van der Waals surface area contributed by atoms with Gasteiger partial charge >= 0.3 is 5.97 Å². The van der Waals surface area contributed by atoms with Gasteiger partial charge in [-0.05, 0) is 31.2 Å². The minimum Gasteiger partial charge on any atom is -0.478 e. The molecule has 0 aliphatic carbocycles. The Labute approximate surface area is 94.4 Å². The molecule has 0 spiro atoms. The van der Waals surface area contributed by atoms with Crippen LogP contribution >= 0.6 is 0 Å². The van der Waals surface area contributed by atoms with Gasteiger partial charge in [-0.2, -0.15) is 0 Å². The van der Waals surface area contributed by atoms with Gasteiger partial charge in [-0.3, -0.25) is 4.98 Å². The second-order valence-electron chi connectivity index (χ2n) is 3.20. The maximum absolute atomic E-state index is 10.3. The highest BCUT2D eigenvalue weighted by Gasteiger charge is 1.98. The Bertz CT molecular complexity index is 397. The Morgan fingerprint density at radius 1 is 1.06 bits per heavy atom. The number of carboxylic acids is 1. The van der Waals surface area contributed by atoms with E-state index in [4.69, 9.17) is 5.11 Å². The summed E-state index contributed by atoms with van der Waals surface area (Å²) >= 11 is 0. The summed E-state index contributed by atoms with van der Waals surface area (Å²) < 4.78 is 0. The van der Waals surface area contributed by atoms with Crippen LogP contribution in [0.25, 0.3) is 0 Å². The topological polar surface area (TPSA) is 50.2 Å². The van der Waals surface area contributed by atoms with Crippen LogP contribution < -0.4 is 0 Å². The average Bonchev–Trinajstić information content (AvgIpc) is 2.32. The molecule has 1 heterocycles. The van der Waals surface area contributed by atoms with Gasteiger partial charge in [0.15, 0.2) is 0 Å². The third-order valence-corrected chi connectivity index (χ3v) is 1.87. The fourth-order valence-electron chi connectivity index (χ4n) is 1.01. The summed E-state index contributed by atoms with van der Waals surface area (Å²) in [6, 6.07) is 12.5. The molecule has 0 saturated carbocycles. The molecule has 1 N–H and O–H groups in total. The highest BCUT2D eigenvalue weighted by molar-refractivity contribution is 5.87. The summed E-state index contributed by atoms with van der Waals surface area (Å²) in [7, 11) is 0. The molecule has 82 valence electrons. The van der Waals surface area contributed by atoms with Crippen molar-refractivity contribution in [3.8, 4) is 0 Å². The van der Waals surface area contributed by atoms with Crippen LogP contribution in [-0.4, -0.2) is 16.1 Å². The van der Waals surface area contributed by atoms with Crippen molar-refractivity contribution < 1.29 is 9.90 Å². The maximum Gasteiger partial charge on any atom is 0.335 e. The number of hydrogen-bond donors (Lipinski definition) is 1. The van der Waals surface area contributed by atoms with E-state index in [1.165, 1.54) is 0 Å². The van der Waals surface area contributed by atoms with Crippen molar-refractivity contribution >= 4 is 5.97 Å². The van der Waals surface area contributed by atoms with Crippen molar-refractivity contribution in [2.24, 2.45) is 0 Å². The number of rotatable bonds is 1. The lowest BCUT2D eigenvalue weighted by Gasteiger charge is -1.92. The third kappa shape index (κ3) is 4.37. The maximum atomic E-state index is 10.3. The molecule has 1 aromatic heterocycles. The number of nitrogens with zero attached hydrogens (tertiary/aromatic N) is 1. The van der Waals surface area contributed by atoms with Gasteiger partial charge in [-0.15, -0.1) is 0 Å². The van der Waals surface area contributed by atoms with Crippen molar-refractivity contribution in [1.82, 2.24) is 4.98 Å². The number of benzene rings is 1. The van der Waals surface area contributed by atoms with Crippen molar-refractivity contribution in [3.05, 3.63) is 66.0 Å². The van der Waals surface area contributed by atoms with E-state index in [1.54, 1.807) is 36.7 Å². The Morgan fingerprint density at radius 2 is 1.62 bits per heavy atom. The Hall–Kier alpha value is -2.16. The highest BCUT2D eigenvalue weighted by Crippen LogP contribution is 2.01. The van der Waals surface area contributed by atoms with E-state index in [2.05, 4.69) is 4.98 Å². The van der Waals surface area contributed by atoms with Gasteiger partial charge in [0.2, 0.25) is 0 Å². The molecule has 1 aromatic carbocycles. The van der Waals surface area contributed by atoms with Crippen LogP contribution in [0.4, 0.5) is 0 Å². The third-order valence-electron chi connectivity index (χ3n) is 1.87. The Kier molecular flexibility index (Phi) is 4.73. The number of pyridine rings is 1. The lowest BCUT2D eigenvalue weighted by atomic mass is 10.2. The minimum absolute atomic E-state index is 0.339. The number of carboxylic acid groups (broad SMARTS) is 1. The first-order valence-corrected chi connectivity index (χ1v) is 4.85. The first kappa shape index (κ1) is 11.9. The van der Waals surface area contributed by atoms with E-state index in [9.17, 15) is 4.79 Å². The molecule has 2 rings (SSSR count).